The zero-order valence-electron chi connectivity index (χ0n) is 16.1. The second-order valence-corrected chi connectivity index (χ2v) is 7.01. The highest BCUT2D eigenvalue weighted by atomic mass is 35.5. The Balaban J connectivity index is 2.00. The van der Waals surface area contributed by atoms with Crippen LogP contribution in [0.15, 0.2) is 66.7 Å². The van der Waals surface area contributed by atoms with Crippen LogP contribution in [0.3, 0.4) is 0 Å². The van der Waals surface area contributed by atoms with Gasteiger partial charge in [0.05, 0.1) is 0 Å². The van der Waals surface area contributed by atoms with Gasteiger partial charge in [0.25, 0.3) is 0 Å². The summed E-state index contributed by atoms with van der Waals surface area (Å²) in [4.78, 5) is 0. The lowest BCUT2D eigenvalue weighted by Crippen LogP contribution is -2.09. The molecule has 0 aliphatic carbocycles. The van der Waals surface area contributed by atoms with E-state index < -0.39 is 5.56 Å². The van der Waals surface area contributed by atoms with E-state index in [4.69, 9.17) is 21.1 Å². The Bertz CT molecular complexity index is 894. The molecule has 2 nitrogen and oxygen atoms in total. The van der Waals surface area contributed by atoms with Crippen LogP contribution in [0.5, 0.6) is 11.5 Å². The topological polar surface area (TPSA) is 18.5 Å². The molecule has 0 amide bonds. The molecule has 0 aliphatic heterocycles. The number of alkyl halides is 1. The lowest BCUT2D eigenvalue weighted by atomic mass is 10.00. The predicted molar refractivity (Wildman–Crippen MR) is 113 cm³/mol. The number of aryl methyl sites for hydroxylation is 1. The fraction of sp³-hybridized carbons (Fsp3) is 0.250. The third-order valence-corrected chi connectivity index (χ3v) is 4.91. The summed E-state index contributed by atoms with van der Waals surface area (Å²) >= 11 is 6.22. The van der Waals surface area contributed by atoms with Crippen molar-refractivity contribution in [2.75, 3.05) is 0 Å². The molecule has 0 heterocycles. The average Bonchev–Trinajstić information content (AvgIpc) is 2.73. The Hall–Kier alpha value is -2.52. The third kappa shape index (κ3) is 5.05. The standard InChI is InChI=1S/C24H24ClFO2/c1-3-18-14-21(19-10-12-20(26)13-11-19)23(15-22(18)28-24(25)4-2)27-16-17-8-6-5-7-9-17/h5-15,24H,3-4,16H2,1-2H3. The smallest absolute Gasteiger partial charge is 0.171 e. The molecule has 28 heavy (non-hydrogen) atoms. The molecule has 3 aromatic rings. The first-order valence-electron chi connectivity index (χ1n) is 9.51. The Morgan fingerprint density at radius 3 is 2.29 bits per heavy atom. The van der Waals surface area contributed by atoms with Gasteiger partial charge in [-0.2, -0.15) is 0 Å². The lowest BCUT2D eigenvalue weighted by molar-refractivity contribution is 0.268. The molecular formula is C24H24ClFO2. The first kappa shape index (κ1) is 20.2. The van der Waals surface area contributed by atoms with Crippen LogP contribution in [0, 0.1) is 5.82 Å². The van der Waals surface area contributed by atoms with Gasteiger partial charge in [0.15, 0.2) is 5.56 Å². The number of rotatable bonds is 8. The maximum atomic E-state index is 13.4. The largest absolute Gasteiger partial charge is 0.488 e. The highest BCUT2D eigenvalue weighted by molar-refractivity contribution is 6.19. The zero-order chi connectivity index (χ0) is 19.9. The zero-order valence-corrected chi connectivity index (χ0v) is 16.9. The normalized spacial score (nSPS) is 11.9. The maximum Gasteiger partial charge on any atom is 0.171 e. The van der Waals surface area contributed by atoms with Crippen LogP contribution >= 0.6 is 11.6 Å². The van der Waals surface area contributed by atoms with E-state index in [1.54, 1.807) is 12.1 Å². The van der Waals surface area contributed by atoms with E-state index in [9.17, 15) is 4.39 Å². The van der Waals surface area contributed by atoms with E-state index in [2.05, 4.69) is 6.92 Å². The SMILES string of the molecule is CCc1cc(-c2ccc(F)cc2)c(OCc2ccccc2)cc1OC(Cl)CC. The van der Waals surface area contributed by atoms with E-state index in [0.717, 1.165) is 34.4 Å². The summed E-state index contributed by atoms with van der Waals surface area (Å²) in [6.07, 6.45) is 1.49. The summed E-state index contributed by atoms with van der Waals surface area (Å²) < 4.78 is 25.5. The number of halogens is 2. The van der Waals surface area contributed by atoms with Crippen LogP contribution in [0.4, 0.5) is 4.39 Å². The van der Waals surface area contributed by atoms with E-state index >= 15 is 0 Å². The van der Waals surface area contributed by atoms with Crippen molar-refractivity contribution in [1.82, 2.24) is 0 Å². The van der Waals surface area contributed by atoms with Crippen molar-refractivity contribution in [1.29, 1.82) is 0 Å². The molecule has 146 valence electrons. The minimum Gasteiger partial charge on any atom is -0.488 e. The molecule has 0 fully saturated rings. The Morgan fingerprint density at radius 1 is 0.929 bits per heavy atom. The van der Waals surface area contributed by atoms with E-state index in [1.807, 2.05) is 49.4 Å². The second-order valence-electron chi connectivity index (χ2n) is 6.53. The van der Waals surface area contributed by atoms with Crippen molar-refractivity contribution in [2.24, 2.45) is 0 Å². The highest BCUT2D eigenvalue weighted by Crippen LogP contribution is 2.38. The van der Waals surface area contributed by atoms with Crippen LogP contribution in [0.1, 0.15) is 31.4 Å². The molecule has 0 saturated heterocycles. The summed E-state index contributed by atoms with van der Waals surface area (Å²) in [5.74, 6) is 1.14. The number of hydrogen-bond donors (Lipinski definition) is 0. The molecular weight excluding hydrogens is 375 g/mol. The van der Waals surface area contributed by atoms with Crippen molar-refractivity contribution in [2.45, 2.75) is 38.9 Å². The molecule has 3 rings (SSSR count). The molecule has 0 N–H and O–H groups in total. The third-order valence-electron chi connectivity index (χ3n) is 4.51. The van der Waals surface area contributed by atoms with Crippen molar-refractivity contribution in [3.05, 3.63) is 83.7 Å². The summed E-state index contributed by atoms with van der Waals surface area (Å²) in [5.41, 5.74) is 3.50. The van der Waals surface area contributed by atoms with Crippen LogP contribution in [-0.2, 0) is 13.0 Å². The van der Waals surface area contributed by atoms with Crippen molar-refractivity contribution in [3.63, 3.8) is 0 Å². The van der Waals surface area contributed by atoms with Crippen LogP contribution in [0.25, 0.3) is 11.1 Å². The second kappa shape index (κ2) is 9.61. The summed E-state index contributed by atoms with van der Waals surface area (Å²) in [5, 5.41) is 0. The van der Waals surface area contributed by atoms with E-state index in [0.29, 0.717) is 18.8 Å². The maximum absolute atomic E-state index is 13.4. The molecule has 4 heteroatoms. The van der Waals surface area contributed by atoms with E-state index in [-0.39, 0.29) is 5.82 Å². The molecule has 0 aromatic heterocycles. The Labute approximate surface area is 170 Å². The summed E-state index contributed by atoms with van der Waals surface area (Å²) in [6, 6.07) is 20.3. The van der Waals surface area contributed by atoms with Crippen LogP contribution in [0.2, 0.25) is 0 Å². The average molecular weight is 399 g/mol. The molecule has 0 radical (unpaired) electrons. The molecule has 0 aliphatic rings. The predicted octanol–water partition coefficient (Wildman–Crippen LogP) is 6.99. The fourth-order valence-corrected chi connectivity index (χ4v) is 3.02. The van der Waals surface area contributed by atoms with E-state index in [1.165, 1.54) is 12.1 Å². The minimum atomic E-state index is -0.399. The van der Waals surface area contributed by atoms with Gasteiger partial charge in [-0.05, 0) is 47.7 Å². The number of hydrogen-bond acceptors (Lipinski definition) is 2. The van der Waals surface area contributed by atoms with Gasteiger partial charge in [-0.25, -0.2) is 4.39 Å². The summed E-state index contributed by atoms with van der Waals surface area (Å²) in [6.45, 7) is 4.47. The Kier molecular flexibility index (Phi) is 6.94. The van der Waals surface area contributed by atoms with Crippen LogP contribution in [-0.4, -0.2) is 5.56 Å². The van der Waals surface area contributed by atoms with Crippen molar-refractivity contribution >= 4 is 11.6 Å². The van der Waals surface area contributed by atoms with Gasteiger partial charge in [-0.3, -0.25) is 0 Å². The molecule has 1 unspecified atom stereocenters. The molecule has 0 spiro atoms. The van der Waals surface area contributed by atoms with Gasteiger partial charge in [-0.15, -0.1) is 0 Å². The first-order valence-corrected chi connectivity index (χ1v) is 9.94. The molecule has 1 atom stereocenters. The van der Waals surface area contributed by atoms with Gasteiger partial charge < -0.3 is 9.47 Å². The van der Waals surface area contributed by atoms with Gasteiger partial charge in [0.2, 0.25) is 0 Å². The fourth-order valence-electron chi connectivity index (χ4n) is 2.92. The van der Waals surface area contributed by atoms with Gasteiger partial charge in [0.1, 0.15) is 23.9 Å². The first-order chi connectivity index (χ1) is 13.6. The molecule has 3 aromatic carbocycles. The quantitative estimate of drug-likeness (QED) is 0.381. The van der Waals surface area contributed by atoms with Crippen LogP contribution < -0.4 is 9.47 Å². The van der Waals surface area contributed by atoms with Gasteiger partial charge in [-0.1, -0.05) is 67.9 Å². The Morgan fingerprint density at radius 2 is 1.64 bits per heavy atom. The molecule has 0 saturated carbocycles. The highest BCUT2D eigenvalue weighted by Gasteiger charge is 2.15. The molecule has 0 bridgehead atoms. The number of benzene rings is 3. The summed E-state index contributed by atoms with van der Waals surface area (Å²) in [7, 11) is 0. The van der Waals surface area contributed by atoms with Gasteiger partial charge in [0, 0.05) is 11.6 Å². The van der Waals surface area contributed by atoms with Crippen molar-refractivity contribution < 1.29 is 13.9 Å². The lowest BCUT2D eigenvalue weighted by Gasteiger charge is -2.19. The van der Waals surface area contributed by atoms with Gasteiger partial charge >= 0.3 is 0 Å². The number of ether oxygens (including phenoxy) is 2. The monoisotopic (exact) mass is 398 g/mol. The van der Waals surface area contributed by atoms with Crippen molar-refractivity contribution in [3.8, 4) is 22.6 Å². The minimum absolute atomic E-state index is 0.265.